The molecule has 1 rings (SSSR count). The third kappa shape index (κ3) is 6.85. The van der Waals surface area contributed by atoms with Crippen LogP contribution >= 0.6 is 0 Å². The Hall–Kier alpha value is -0.980. The highest BCUT2D eigenvalue weighted by Gasteiger charge is 2.31. The lowest BCUT2D eigenvalue weighted by atomic mass is 10.1. The Morgan fingerprint density at radius 3 is 2.45 bits per heavy atom. The van der Waals surface area contributed by atoms with E-state index < -0.39 is 12.6 Å². The molecule has 0 saturated carbocycles. The average molecular weight is 322 g/mol. The van der Waals surface area contributed by atoms with Gasteiger partial charge in [0.2, 0.25) is 0 Å². The summed E-state index contributed by atoms with van der Waals surface area (Å²) in [5.74, 6) is 1.20. The van der Waals surface area contributed by atoms with Crippen molar-refractivity contribution in [2.75, 3.05) is 26.7 Å². The zero-order valence-corrected chi connectivity index (χ0v) is 14.0. The molecule has 0 aromatic heterocycles. The zero-order valence-electron chi connectivity index (χ0n) is 14.0. The van der Waals surface area contributed by atoms with Gasteiger partial charge in [0.1, 0.15) is 0 Å². The first-order valence-electron chi connectivity index (χ1n) is 8.01. The Balaban J connectivity index is 2.28. The summed E-state index contributed by atoms with van der Waals surface area (Å²) >= 11 is 0. The number of nitrogens with zero attached hydrogens (tertiary/aromatic N) is 2. The van der Waals surface area contributed by atoms with Gasteiger partial charge in [0.15, 0.2) is 5.96 Å². The molecule has 0 spiro atoms. The molecule has 130 valence electrons. The van der Waals surface area contributed by atoms with E-state index >= 15 is 0 Å². The highest BCUT2D eigenvalue weighted by atomic mass is 19.4. The maximum Gasteiger partial charge on any atom is 0.389 e. The van der Waals surface area contributed by atoms with E-state index in [2.05, 4.69) is 41.3 Å². The Kier molecular flexibility index (Phi) is 7.45. The second kappa shape index (κ2) is 8.60. The van der Waals surface area contributed by atoms with Crippen LogP contribution in [0.4, 0.5) is 13.2 Å². The number of hydrogen-bond acceptors (Lipinski definition) is 2. The van der Waals surface area contributed by atoms with Gasteiger partial charge in [0.25, 0.3) is 0 Å². The van der Waals surface area contributed by atoms with Crippen molar-refractivity contribution < 1.29 is 13.2 Å². The smallest absolute Gasteiger partial charge is 0.356 e. The molecular weight excluding hydrogens is 293 g/mol. The van der Waals surface area contributed by atoms with Crippen molar-refractivity contribution >= 4 is 5.96 Å². The number of nitrogens with one attached hydrogen (secondary N) is 2. The molecule has 1 fully saturated rings. The number of unbranched alkanes of at least 4 members (excludes halogenated alkanes) is 1. The average Bonchev–Trinajstić information content (AvgIpc) is 2.77. The SMILES string of the molecule is CN=C(NCCCCC(F)(F)F)NC1CN(C(C)C)CC1C. The van der Waals surface area contributed by atoms with Crippen molar-refractivity contribution in [2.24, 2.45) is 10.9 Å². The van der Waals surface area contributed by atoms with Crippen LogP contribution in [0.1, 0.15) is 40.0 Å². The molecule has 0 radical (unpaired) electrons. The van der Waals surface area contributed by atoms with Gasteiger partial charge >= 0.3 is 6.18 Å². The molecule has 1 heterocycles. The molecule has 0 amide bonds. The molecule has 2 atom stereocenters. The van der Waals surface area contributed by atoms with Gasteiger partial charge in [0, 0.05) is 45.2 Å². The molecule has 1 aliphatic heterocycles. The first kappa shape index (κ1) is 19.1. The van der Waals surface area contributed by atoms with Crippen molar-refractivity contribution in [3.63, 3.8) is 0 Å². The second-order valence-electron chi connectivity index (χ2n) is 6.35. The van der Waals surface area contributed by atoms with E-state index in [1.54, 1.807) is 7.05 Å². The molecule has 1 aliphatic rings. The number of hydrogen-bond donors (Lipinski definition) is 2. The van der Waals surface area contributed by atoms with Crippen LogP contribution in [-0.4, -0.2) is 55.8 Å². The Labute approximate surface area is 131 Å². The Bertz CT molecular complexity index is 355. The second-order valence-corrected chi connectivity index (χ2v) is 6.35. The maximum atomic E-state index is 12.1. The quantitative estimate of drug-likeness (QED) is 0.449. The minimum atomic E-state index is -4.06. The van der Waals surface area contributed by atoms with Crippen molar-refractivity contribution in [1.29, 1.82) is 0 Å². The van der Waals surface area contributed by atoms with Crippen LogP contribution < -0.4 is 10.6 Å². The largest absolute Gasteiger partial charge is 0.389 e. The van der Waals surface area contributed by atoms with Crippen LogP contribution in [0, 0.1) is 5.92 Å². The van der Waals surface area contributed by atoms with Crippen molar-refractivity contribution in [2.45, 2.75) is 58.3 Å². The number of aliphatic imine (C=N–C) groups is 1. The number of rotatable bonds is 6. The topological polar surface area (TPSA) is 39.7 Å². The first-order chi connectivity index (χ1) is 10.2. The van der Waals surface area contributed by atoms with Crippen LogP contribution in [0.2, 0.25) is 0 Å². The summed E-state index contributed by atoms with van der Waals surface area (Å²) in [7, 11) is 1.69. The Morgan fingerprint density at radius 2 is 1.95 bits per heavy atom. The molecule has 1 saturated heterocycles. The molecule has 4 nitrogen and oxygen atoms in total. The van der Waals surface area contributed by atoms with Gasteiger partial charge in [-0.1, -0.05) is 6.92 Å². The van der Waals surface area contributed by atoms with E-state index in [1.807, 2.05) is 0 Å². The Morgan fingerprint density at radius 1 is 1.27 bits per heavy atom. The summed E-state index contributed by atoms with van der Waals surface area (Å²) in [6.45, 7) is 9.10. The van der Waals surface area contributed by atoms with Gasteiger partial charge in [0.05, 0.1) is 0 Å². The van der Waals surface area contributed by atoms with Crippen LogP contribution in [0.5, 0.6) is 0 Å². The molecule has 0 aromatic rings. The van der Waals surface area contributed by atoms with E-state index in [1.165, 1.54) is 0 Å². The standard InChI is InChI=1S/C15H29F3N4/c1-11(2)22-9-12(3)13(10-22)21-14(19-4)20-8-6-5-7-15(16,17)18/h11-13H,5-10H2,1-4H3,(H2,19,20,21). The molecule has 22 heavy (non-hydrogen) atoms. The number of guanidine groups is 1. The summed E-state index contributed by atoms with van der Waals surface area (Å²) < 4.78 is 36.2. The lowest BCUT2D eigenvalue weighted by molar-refractivity contribution is -0.135. The number of likely N-dealkylation sites (tertiary alicyclic amines) is 1. The van der Waals surface area contributed by atoms with E-state index in [0.717, 1.165) is 13.1 Å². The summed E-state index contributed by atoms with van der Waals surface area (Å²) in [6.07, 6.45) is -4.14. The van der Waals surface area contributed by atoms with Gasteiger partial charge in [-0.25, -0.2) is 0 Å². The van der Waals surface area contributed by atoms with E-state index in [9.17, 15) is 13.2 Å². The highest BCUT2D eigenvalue weighted by Crippen LogP contribution is 2.22. The monoisotopic (exact) mass is 322 g/mol. The molecule has 0 aliphatic carbocycles. The predicted molar refractivity (Wildman–Crippen MR) is 84.1 cm³/mol. The van der Waals surface area contributed by atoms with Crippen molar-refractivity contribution in [3.8, 4) is 0 Å². The molecule has 0 bridgehead atoms. The summed E-state index contributed by atoms with van der Waals surface area (Å²) in [5, 5.41) is 6.48. The molecule has 0 aromatic carbocycles. The van der Waals surface area contributed by atoms with Crippen LogP contribution in [0.25, 0.3) is 0 Å². The predicted octanol–water partition coefficient (Wildman–Crippen LogP) is 2.61. The van der Waals surface area contributed by atoms with E-state index in [4.69, 9.17) is 0 Å². The molecule has 2 N–H and O–H groups in total. The van der Waals surface area contributed by atoms with Gasteiger partial charge in [-0.15, -0.1) is 0 Å². The van der Waals surface area contributed by atoms with Gasteiger partial charge in [-0.05, 0) is 32.6 Å². The maximum absolute atomic E-state index is 12.1. The van der Waals surface area contributed by atoms with E-state index in [-0.39, 0.29) is 6.42 Å². The minimum Gasteiger partial charge on any atom is -0.356 e. The summed E-state index contributed by atoms with van der Waals surface area (Å²) in [6, 6.07) is 0.843. The summed E-state index contributed by atoms with van der Waals surface area (Å²) in [5.41, 5.74) is 0. The summed E-state index contributed by atoms with van der Waals surface area (Å²) in [4.78, 5) is 6.57. The third-order valence-corrected chi connectivity index (χ3v) is 4.10. The zero-order chi connectivity index (χ0) is 16.8. The van der Waals surface area contributed by atoms with Crippen LogP contribution in [0.3, 0.4) is 0 Å². The molecule has 2 unspecified atom stereocenters. The molecular formula is C15H29F3N4. The van der Waals surface area contributed by atoms with Crippen molar-refractivity contribution in [3.05, 3.63) is 0 Å². The molecule has 7 heteroatoms. The fraction of sp³-hybridized carbons (Fsp3) is 0.933. The highest BCUT2D eigenvalue weighted by molar-refractivity contribution is 5.80. The lowest BCUT2D eigenvalue weighted by Gasteiger charge is -2.22. The van der Waals surface area contributed by atoms with Crippen LogP contribution in [-0.2, 0) is 0 Å². The van der Waals surface area contributed by atoms with E-state index in [0.29, 0.717) is 36.9 Å². The fourth-order valence-electron chi connectivity index (χ4n) is 2.64. The van der Waals surface area contributed by atoms with Gasteiger partial charge in [-0.2, -0.15) is 13.2 Å². The fourth-order valence-corrected chi connectivity index (χ4v) is 2.64. The minimum absolute atomic E-state index is 0.147. The van der Waals surface area contributed by atoms with Gasteiger partial charge in [-0.3, -0.25) is 9.89 Å². The third-order valence-electron chi connectivity index (χ3n) is 4.10. The normalized spacial score (nSPS) is 24.1. The lowest BCUT2D eigenvalue weighted by Crippen LogP contribution is -2.47. The first-order valence-corrected chi connectivity index (χ1v) is 8.01. The van der Waals surface area contributed by atoms with Gasteiger partial charge < -0.3 is 10.6 Å². The van der Waals surface area contributed by atoms with Crippen LogP contribution in [0.15, 0.2) is 4.99 Å². The number of halogens is 3. The van der Waals surface area contributed by atoms with Crippen molar-refractivity contribution in [1.82, 2.24) is 15.5 Å². The number of alkyl halides is 3.